The van der Waals surface area contributed by atoms with Crippen molar-refractivity contribution in [3.63, 3.8) is 0 Å². The van der Waals surface area contributed by atoms with Crippen molar-refractivity contribution < 1.29 is 28.6 Å². The topological polar surface area (TPSA) is 78.9 Å². The molecule has 0 saturated carbocycles. The fourth-order valence-electron chi connectivity index (χ4n) is 7.74. The standard InChI is InChI=1S/C51H98O6/c1-4-7-10-13-16-19-20-21-22-23-24-25-26-27-28-29-30-31-32-33-36-38-41-44-50(53)56-47-48(57-51(54)45-42-39-35-18-15-12-9-6-3)46-55-49(52)43-40-37-34-17-14-11-8-5-2/h48H,4-47H2,1-3H3. The van der Waals surface area contributed by atoms with Gasteiger partial charge in [0.25, 0.3) is 0 Å². The summed E-state index contributed by atoms with van der Waals surface area (Å²) in [5, 5.41) is 0. The Morgan fingerprint density at radius 3 is 0.702 bits per heavy atom. The lowest BCUT2D eigenvalue weighted by Gasteiger charge is -2.18. The van der Waals surface area contributed by atoms with Gasteiger partial charge in [0, 0.05) is 19.3 Å². The first-order valence-electron chi connectivity index (χ1n) is 25.5. The van der Waals surface area contributed by atoms with Gasteiger partial charge in [-0.3, -0.25) is 14.4 Å². The van der Waals surface area contributed by atoms with Gasteiger partial charge >= 0.3 is 17.9 Å². The van der Waals surface area contributed by atoms with Crippen LogP contribution in [0.1, 0.15) is 290 Å². The summed E-state index contributed by atoms with van der Waals surface area (Å²) in [7, 11) is 0. The zero-order valence-electron chi connectivity index (χ0n) is 38.6. The molecule has 1 unspecified atom stereocenters. The summed E-state index contributed by atoms with van der Waals surface area (Å²) in [6.45, 7) is 6.61. The van der Waals surface area contributed by atoms with E-state index in [1.54, 1.807) is 0 Å². The molecule has 338 valence electrons. The lowest BCUT2D eigenvalue weighted by Crippen LogP contribution is -2.30. The first-order chi connectivity index (χ1) is 28.0. The molecule has 0 rings (SSSR count). The Kier molecular flexibility index (Phi) is 45.8. The van der Waals surface area contributed by atoms with Crippen LogP contribution >= 0.6 is 0 Å². The van der Waals surface area contributed by atoms with Crippen LogP contribution in [0.3, 0.4) is 0 Å². The van der Waals surface area contributed by atoms with E-state index in [0.29, 0.717) is 19.3 Å². The smallest absolute Gasteiger partial charge is 0.306 e. The molecule has 0 aliphatic carbocycles. The molecular formula is C51H98O6. The van der Waals surface area contributed by atoms with Crippen LogP contribution in [-0.2, 0) is 28.6 Å². The van der Waals surface area contributed by atoms with Gasteiger partial charge in [0.1, 0.15) is 13.2 Å². The number of carbonyl (C=O) groups is 3. The van der Waals surface area contributed by atoms with Crippen LogP contribution in [0, 0.1) is 0 Å². The Labute approximate surface area is 355 Å². The van der Waals surface area contributed by atoms with E-state index in [2.05, 4.69) is 20.8 Å². The number of hydrogen-bond donors (Lipinski definition) is 0. The molecule has 0 fully saturated rings. The lowest BCUT2D eigenvalue weighted by molar-refractivity contribution is -0.167. The van der Waals surface area contributed by atoms with Gasteiger partial charge in [-0.25, -0.2) is 0 Å². The van der Waals surface area contributed by atoms with Crippen LogP contribution in [-0.4, -0.2) is 37.2 Å². The van der Waals surface area contributed by atoms with Gasteiger partial charge in [-0.1, -0.05) is 252 Å². The van der Waals surface area contributed by atoms with Crippen molar-refractivity contribution in [2.45, 2.75) is 297 Å². The van der Waals surface area contributed by atoms with Crippen LogP contribution in [0.5, 0.6) is 0 Å². The fourth-order valence-corrected chi connectivity index (χ4v) is 7.74. The Morgan fingerprint density at radius 2 is 0.474 bits per heavy atom. The van der Waals surface area contributed by atoms with Gasteiger partial charge < -0.3 is 14.2 Å². The van der Waals surface area contributed by atoms with E-state index in [9.17, 15) is 14.4 Å². The monoisotopic (exact) mass is 807 g/mol. The predicted octanol–water partition coefficient (Wildman–Crippen LogP) is 16.4. The molecule has 0 amide bonds. The van der Waals surface area contributed by atoms with E-state index in [1.807, 2.05) is 0 Å². The predicted molar refractivity (Wildman–Crippen MR) is 243 cm³/mol. The average molecular weight is 807 g/mol. The molecule has 0 aromatic heterocycles. The van der Waals surface area contributed by atoms with Crippen molar-refractivity contribution >= 4 is 17.9 Å². The number of unbranched alkanes of at least 4 members (excludes halogenated alkanes) is 36. The molecule has 0 aromatic carbocycles. The minimum atomic E-state index is -0.757. The van der Waals surface area contributed by atoms with Crippen molar-refractivity contribution in [1.29, 1.82) is 0 Å². The molecular weight excluding hydrogens is 709 g/mol. The minimum Gasteiger partial charge on any atom is -0.462 e. The normalized spacial score (nSPS) is 11.8. The molecule has 0 spiro atoms. The molecule has 0 aliphatic heterocycles. The highest BCUT2D eigenvalue weighted by atomic mass is 16.6. The second-order valence-electron chi connectivity index (χ2n) is 17.5. The Bertz CT molecular complexity index is 844. The molecule has 1 atom stereocenters. The zero-order valence-corrected chi connectivity index (χ0v) is 38.6. The molecule has 0 aliphatic rings. The van der Waals surface area contributed by atoms with Crippen molar-refractivity contribution in [3.05, 3.63) is 0 Å². The third-order valence-corrected chi connectivity index (χ3v) is 11.6. The summed E-state index contributed by atoms with van der Waals surface area (Å²) < 4.78 is 16.7. The van der Waals surface area contributed by atoms with Crippen LogP contribution in [0.25, 0.3) is 0 Å². The largest absolute Gasteiger partial charge is 0.462 e. The first-order valence-corrected chi connectivity index (χ1v) is 25.5. The summed E-state index contributed by atoms with van der Waals surface area (Å²) in [5.74, 6) is -0.856. The fraction of sp³-hybridized carbons (Fsp3) is 0.941. The van der Waals surface area contributed by atoms with Crippen LogP contribution in [0.4, 0.5) is 0 Å². The summed E-state index contributed by atoms with van der Waals surface area (Å²) in [6, 6.07) is 0. The maximum Gasteiger partial charge on any atom is 0.306 e. The highest BCUT2D eigenvalue weighted by Gasteiger charge is 2.19. The van der Waals surface area contributed by atoms with Crippen LogP contribution in [0.2, 0.25) is 0 Å². The molecule has 0 saturated heterocycles. The van der Waals surface area contributed by atoms with Crippen LogP contribution < -0.4 is 0 Å². The molecule has 0 heterocycles. The summed E-state index contributed by atoms with van der Waals surface area (Å²) in [4.78, 5) is 37.6. The maximum atomic E-state index is 12.6. The number of carbonyl (C=O) groups excluding carboxylic acids is 3. The maximum absolute atomic E-state index is 12.6. The van der Waals surface area contributed by atoms with E-state index in [-0.39, 0.29) is 31.1 Å². The van der Waals surface area contributed by atoms with Gasteiger partial charge in [-0.2, -0.15) is 0 Å². The average Bonchev–Trinajstić information content (AvgIpc) is 3.21. The number of rotatable bonds is 47. The van der Waals surface area contributed by atoms with Gasteiger partial charge in [0.15, 0.2) is 6.10 Å². The summed E-state index contributed by atoms with van der Waals surface area (Å²) >= 11 is 0. The first kappa shape index (κ1) is 55.4. The third-order valence-electron chi connectivity index (χ3n) is 11.6. The number of hydrogen-bond acceptors (Lipinski definition) is 6. The van der Waals surface area contributed by atoms with Crippen molar-refractivity contribution in [2.75, 3.05) is 13.2 Å². The van der Waals surface area contributed by atoms with Crippen LogP contribution in [0.15, 0.2) is 0 Å². The quantitative estimate of drug-likeness (QED) is 0.0346. The summed E-state index contributed by atoms with van der Waals surface area (Å²) in [5.41, 5.74) is 0. The molecule has 6 heteroatoms. The lowest BCUT2D eigenvalue weighted by atomic mass is 10.0. The van der Waals surface area contributed by atoms with Crippen molar-refractivity contribution in [2.24, 2.45) is 0 Å². The van der Waals surface area contributed by atoms with Crippen molar-refractivity contribution in [1.82, 2.24) is 0 Å². The number of ether oxygens (including phenoxy) is 3. The molecule has 6 nitrogen and oxygen atoms in total. The van der Waals surface area contributed by atoms with E-state index in [0.717, 1.165) is 57.8 Å². The molecule has 0 bridgehead atoms. The second-order valence-corrected chi connectivity index (χ2v) is 17.5. The van der Waals surface area contributed by atoms with E-state index in [1.165, 1.54) is 193 Å². The minimum absolute atomic E-state index is 0.0631. The second kappa shape index (κ2) is 47.1. The van der Waals surface area contributed by atoms with Gasteiger partial charge in [-0.05, 0) is 19.3 Å². The number of esters is 3. The van der Waals surface area contributed by atoms with E-state index >= 15 is 0 Å². The molecule has 0 radical (unpaired) electrons. The summed E-state index contributed by atoms with van der Waals surface area (Å²) in [6.07, 6.45) is 49.8. The Hall–Kier alpha value is -1.59. The van der Waals surface area contributed by atoms with Crippen molar-refractivity contribution in [3.8, 4) is 0 Å². The molecule has 0 N–H and O–H groups in total. The molecule has 57 heavy (non-hydrogen) atoms. The van der Waals surface area contributed by atoms with E-state index in [4.69, 9.17) is 14.2 Å². The van der Waals surface area contributed by atoms with Gasteiger partial charge in [0.05, 0.1) is 0 Å². The highest BCUT2D eigenvalue weighted by Crippen LogP contribution is 2.17. The van der Waals surface area contributed by atoms with E-state index < -0.39 is 6.10 Å². The Balaban J connectivity index is 4.02. The van der Waals surface area contributed by atoms with Gasteiger partial charge in [0.2, 0.25) is 0 Å². The SMILES string of the molecule is CCCCCCCCCCCCCCCCCCCCCCCCCC(=O)OCC(COC(=O)CCCCCCCCCC)OC(=O)CCCCCCCCCC. The third kappa shape index (κ3) is 45.3. The Morgan fingerprint density at radius 1 is 0.281 bits per heavy atom. The molecule has 0 aromatic rings. The highest BCUT2D eigenvalue weighted by molar-refractivity contribution is 5.71. The zero-order chi connectivity index (χ0) is 41.5. The van der Waals surface area contributed by atoms with Gasteiger partial charge in [-0.15, -0.1) is 0 Å².